The minimum atomic E-state index is -0.329. The number of anilines is 1. The molecule has 0 aliphatic carbocycles. The maximum Gasteiger partial charge on any atom is 0.186 e. The first-order valence-electron chi connectivity index (χ1n) is 5.60. The normalized spacial score (nSPS) is 10.8. The van der Waals surface area contributed by atoms with E-state index in [1.165, 1.54) is 6.33 Å². The van der Waals surface area contributed by atoms with E-state index in [-0.39, 0.29) is 5.82 Å². The molecule has 1 aromatic rings. The van der Waals surface area contributed by atoms with Crippen LogP contribution in [0.4, 0.5) is 10.2 Å². The third kappa shape index (κ3) is 3.41. The minimum Gasteiger partial charge on any atom is -0.366 e. The number of nitrogens with zero attached hydrogens (tertiary/aromatic N) is 3. The van der Waals surface area contributed by atoms with Crippen molar-refractivity contribution in [2.45, 2.75) is 20.3 Å². The maximum absolute atomic E-state index is 13.7. The van der Waals surface area contributed by atoms with E-state index in [4.69, 9.17) is 0 Å². The second-order valence-electron chi connectivity index (χ2n) is 3.66. The smallest absolute Gasteiger partial charge is 0.186 e. The lowest BCUT2D eigenvalue weighted by Crippen LogP contribution is -2.25. The molecule has 1 rings (SSSR count). The van der Waals surface area contributed by atoms with E-state index in [1.54, 1.807) is 0 Å². The quantitative estimate of drug-likeness (QED) is 0.799. The van der Waals surface area contributed by atoms with E-state index in [2.05, 4.69) is 27.1 Å². The molecule has 0 aliphatic heterocycles. The fourth-order valence-electron chi connectivity index (χ4n) is 1.30. The van der Waals surface area contributed by atoms with Crippen molar-refractivity contribution in [2.24, 2.45) is 0 Å². The molecule has 1 N–H and O–H groups in total. The predicted octanol–water partition coefficient (Wildman–Crippen LogP) is 1.54. The van der Waals surface area contributed by atoms with E-state index in [9.17, 15) is 4.39 Å². The summed E-state index contributed by atoms with van der Waals surface area (Å²) in [6.45, 7) is 6.48. The fourth-order valence-corrected chi connectivity index (χ4v) is 1.30. The number of hydrogen-bond acceptors (Lipinski definition) is 4. The Bertz CT molecular complexity index is 330. The molecule has 1 aromatic heterocycles. The number of hydrogen-bond donors (Lipinski definition) is 1. The van der Waals surface area contributed by atoms with Gasteiger partial charge in [-0.15, -0.1) is 0 Å². The SMILES string of the molecule is CCc1ncnc(NCCN(C)CC)c1F. The summed E-state index contributed by atoms with van der Waals surface area (Å²) >= 11 is 0. The molecule has 0 fully saturated rings. The molecule has 0 saturated heterocycles. The zero-order chi connectivity index (χ0) is 12.0. The number of aryl methyl sites for hydroxylation is 1. The monoisotopic (exact) mass is 226 g/mol. The Labute approximate surface area is 95.9 Å². The summed E-state index contributed by atoms with van der Waals surface area (Å²) in [4.78, 5) is 9.92. The lowest BCUT2D eigenvalue weighted by Gasteiger charge is -2.14. The molecule has 0 bridgehead atoms. The molecular formula is C11H19FN4. The van der Waals surface area contributed by atoms with Gasteiger partial charge in [0, 0.05) is 13.1 Å². The van der Waals surface area contributed by atoms with Gasteiger partial charge in [0.1, 0.15) is 6.33 Å². The Morgan fingerprint density at radius 3 is 2.75 bits per heavy atom. The number of halogens is 1. The first-order valence-corrected chi connectivity index (χ1v) is 5.60. The van der Waals surface area contributed by atoms with Crippen LogP contribution in [0.3, 0.4) is 0 Å². The molecule has 0 aromatic carbocycles. The van der Waals surface area contributed by atoms with Gasteiger partial charge < -0.3 is 10.2 Å². The van der Waals surface area contributed by atoms with Gasteiger partial charge >= 0.3 is 0 Å². The zero-order valence-corrected chi connectivity index (χ0v) is 10.1. The highest BCUT2D eigenvalue weighted by Gasteiger charge is 2.08. The zero-order valence-electron chi connectivity index (χ0n) is 10.1. The third-order valence-electron chi connectivity index (χ3n) is 2.52. The number of aromatic nitrogens is 2. The largest absolute Gasteiger partial charge is 0.366 e. The Kier molecular flexibility index (Phi) is 5.11. The van der Waals surface area contributed by atoms with Crippen molar-refractivity contribution < 1.29 is 4.39 Å². The number of rotatable bonds is 6. The van der Waals surface area contributed by atoms with E-state index in [0.29, 0.717) is 24.5 Å². The third-order valence-corrected chi connectivity index (χ3v) is 2.52. The Hall–Kier alpha value is -1.23. The average Bonchev–Trinajstić information content (AvgIpc) is 2.31. The standard InChI is InChI=1S/C11H19FN4/c1-4-9-10(12)11(15-8-14-9)13-6-7-16(3)5-2/h8H,4-7H2,1-3H3,(H,13,14,15). The van der Waals surface area contributed by atoms with Crippen molar-refractivity contribution in [2.75, 3.05) is 32.0 Å². The summed E-state index contributed by atoms with van der Waals surface area (Å²) in [5.74, 6) is -0.0273. The van der Waals surface area contributed by atoms with E-state index in [1.807, 2.05) is 14.0 Å². The summed E-state index contributed by atoms with van der Waals surface area (Å²) in [7, 11) is 2.02. The van der Waals surface area contributed by atoms with Gasteiger partial charge in [-0.1, -0.05) is 13.8 Å². The topological polar surface area (TPSA) is 41.1 Å². The van der Waals surface area contributed by atoms with Crippen LogP contribution in [0.15, 0.2) is 6.33 Å². The van der Waals surface area contributed by atoms with E-state index >= 15 is 0 Å². The lowest BCUT2D eigenvalue weighted by molar-refractivity contribution is 0.366. The first kappa shape index (κ1) is 12.8. The Morgan fingerprint density at radius 1 is 1.38 bits per heavy atom. The van der Waals surface area contributed by atoms with Crippen molar-refractivity contribution in [3.63, 3.8) is 0 Å². The highest BCUT2D eigenvalue weighted by atomic mass is 19.1. The molecule has 16 heavy (non-hydrogen) atoms. The van der Waals surface area contributed by atoms with Gasteiger partial charge in [0.05, 0.1) is 5.69 Å². The van der Waals surface area contributed by atoms with Crippen molar-refractivity contribution in [1.29, 1.82) is 0 Å². The molecule has 0 spiro atoms. The molecule has 5 heteroatoms. The highest BCUT2D eigenvalue weighted by Crippen LogP contribution is 2.12. The van der Waals surface area contributed by atoms with Gasteiger partial charge in [0.2, 0.25) is 0 Å². The minimum absolute atomic E-state index is 0.302. The summed E-state index contributed by atoms with van der Waals surface area (Å²) in [5, 5.41) is 2.99. The summed E-state index contributed by atoms with van der Waals surface area (Å²) in [6, 6.07) is 0. The molecule has 1 heterocycles. The van der Waals surface area contributed by atoms with Crippen LogP contribution in [0, 0.1) is 5.82 Å². The Morgan fingerprint density at radius 2 is 2.12 bits per heavy atom. The predicted molar refractivity (Wildman–Crippen MR) is 63.0 cm³/mol. The van der Waals surface area contributed by atoms with Gasteiger partial charge in [-0.3, -0.25) is 0 Å². The van der Waals surface area contributed by atoms with Crippen molar-refractivity contribution in [1.82, 2.24) is 14.9 Å². The van der Waals surface area contributed by atoms with E-state index < -0.39 is 0 Å². The van der Waals surface area contributed by atoms with Crippen LogP contribution in [-0.2, 0) is 6.42 Å². The van der Waals surface area contributed by atoms with E-state index in [0.717, 1.165) is 13.1 Å². The van der Waals surface area contributed by atoms with Crippen LogP contribution in [0.1, 0.15) is 19.5 Å². The molecule has 90 valence electrons. The summed E-state index contributed by atoms with van der Waals surface area (Å²) in [6.07, 6.45) is 1.98. The van der Waals surface area contributed by atoms with Gasteiger partial charge in [-0.05, 0) is 20.0 Å². The molecule has 0 aliphatic rings. The lowest BCUT2D eigenvalue weighted by atomic mass is 10.3. The first-order chi connectivity index (χ1) is 7.69. The molecule has 0 saturated carbocycles. The number of nitrogens with one attached hydrogen (secondary N) is 1. The highest BCUT2D eigenvalue weighted by molar-refractivity contribution is 5.37. The molecule has 4 nitrogen and oxygen atoms in total. The number of likely N-dealkylation sites (N-methyl/N-ethyl adjacent to an activating group) is 1. The van der Waals surface area contributed by atoms with Crippen LogP contribution in [0.25, 0.3) is 0 Å². The second kappa shape index (κ2) is 6.37. The molecule has 0 unspecified atom stereocenters. The fraction of sp³-hybridized carbons (Fsp3) is 0.636. The van der Waals surface area contributed by atoms with Gasteiger partial charge in [-0.25, -0.2) is 14.4 Å². The average molecular weight is 226 g/mol. The summed E-state index contributed by atoms with van der Waals surface area (Å²) in [5.41, 5.74) is 0.460. The Balaban J connectivity index is 2.54. The molecular weight excluding hydrogens is 207 g/mol. The van der Waals surface area contributed by atoms with Crippen LogP contribution in [0.5, 0.6) is 0 Å². The van der Waals surface area contributed by atoms with Gasteiger partial charge in [-0.2, -0.15) is 0 Å². The van der Waals surface area contributed by atoms with Crippen LogP contribution in [0.2, 0.25) is 0 Å². The van der Waals surface area contributed by atoms with Crippen LogP contribution in [-0.4, -0.2) is 41.5 Å². The van der Waals surface area contributed by atoms with Gasteiger partial charge in [0.25, 0.3) is 0 Å². The van der Waals surface area contributed by atoms with Crippen molar-refractivity contribution in [3.8, 4) is 0 Å². The molecule has 0 atom stereocenters. The molecule has 0 radical (unpaired) electrons. The second-order valence-corrected chi connectivity index (χ2v) is 3.66. The molecule has 0 amide bonds. The summed E-state index contributed by atoms with van der Waals surface area (Å²) < 4.78 is 13.7. The maximum atomic E-state index is 13.7. The van der Waals surface area contributed by atoms with Crippen LogP contribution < -0.4 is 5.32 Å². The van der Waals surface area contributed by atoms with Crippen LogP contribution >= 0.6 is 0 Å². The van der Waals surface area contributed by atoms with Crippen molar-refractivity contribution >= 4 is 5.82 Å². The van der Waals surface area contributed by atoms with Gasteiger partial charge in [0.15, 0.2) is 11.6 Å². The van der Waals surface area contributed by atoms with Crippen molar-refractivity contribution in [3.05, 3.63) is 17.8 Å².